The van der Waals surface area contributed by atoms with E-state index in [1.807, 2.05) is 18.2 Å². The topological polar surface area (TPSA) is 59.6 Å². The monoisotopic (exact) mass is 326 g/mol. The van der Waals surface area contributed by atoms with Crippen molar-refractivity contribution in [1.29, 1.82) is 0 Å². The van der Waals surface area contributed by atoms with Crippen LogP contribution in [0.5, 0.6) is 11.5 Å². The van der Waals surface area contributed by atoms with Crippen LogP contribution < -0.4 is 20.1 Å². The van der Waals surface area contributed by atoms with Gasteiger partial charge in [-0.3, -0.25) is 4.79 Å². The van der Waals surface area contributed by atoms with Crippen LogP contribution in [0.3, 0.4) is 0 Å². The predicted molar refractivity (Wildman–Crippen MR) is 87.0 cm³/mol. The zero-order valence-electron chi connectivity index (χ0n) is 12.8. The number of fused-ring (bicyclic) bond motifs is 1. The molecule has 1 amide bonds. The van der Waals surface area contributed by atoms with Crippen molar-refractivity contribution in [2.24, 2.45) is 5.92 Å². The van der Waals surface area contributed by atoms with E-state index in [-0.39, 0.29) is 30.3 Å². The summed E-state index contributed by atoms with van der Waals surface area (Å²) in [4.78, 5) is 12.4. The van der Waals surface area contributed by atoms with Gasteiger partial charge in [-0.2, -0.15) is 0 Å². The fourth-order valence-corrected chi connectivity index (χ4v) is 2.96. The van der Waals surface area contributed by atoms with Gasteiger partial charge in [-0.25, -0.2) is 0 Å². The van der Waals surface area contributed by atoms with E-state index < -0.39 is 0 Å². The Hall–Kier alpha value is -1.46. The van der Waals surface area contributed by atoms with Crippen LogP contribution in [0.1, 0.15) is 18.4 Å². The summed E-state index contributed by atoms with van der Waals surface area (Å²) < 4.78 is 10.9. The Morgan fingerprint density at radius 2 is 2.32 bits per heavy atom. The summed E-state index contributed by atoms with van der Waals surface area (Å²) in [6, 6.07) is 6.00. The van der Waals surface area contributed by atoms with E-state index in [9.17, 15) is 4.79 Å². The van der Waals surface area contributed by atoms with Gasteiger partial charge in [0.05, 0.1) is 13.0 Å². The molecular formula is C16H23ClN2O3. The molecule has 1 saturated heterocycles. The van der Waals surface area contributed by atoms with Crippen molar-refractivity contribution < 1.29 is 14.3 Å². The number of hydrogen-bond acceptors (Lipinski definition) is 4. The minimum atomic E-state index is -0.119. The molecule has 2 heterocycles. The van der Waals surface area contributed by atoms with E-state index in [0.717, 1.165) is 43.0 Å². The molecule has 22 heavy (non-hydrogen) atoms. The molecule has 2 unspecified atom stereocenters. The van der Waals surface area contributed by atoms with E-state index in [1.165, 1.54) is 0 Å². The molecular weight excluding hydrogens is 304 g/mol. The van der Waals surface area contributed by atoms with Crippen LogP contribution in [0.25, 0.3) is 0 Å². The Balaban J connectivity index is 0.00000176. The third-order valence-electron chi connectivity index (χ3n) is 4.19. The maximum Gasteiger partial charge on any atom is 0.227 e. The number of amides is 1. The Labute approximate surface area is 137 Å². The Morgan fingerprint density at radius 1 is 1.45 bits per heavy atom. The third-order valence-corrected chi connectivity index (χ3v) is 4.19. The highest BCUT2D eigenvalue weighted by Gasteiger charge is 2.28. The van der Waals surface area contributed by atoms with Crippen molar-refractivity contribution in [2.75, 3.05) is 26.8 Å². The van der Waals surface area contributed by atoms with Gasteiger partial charge in [-0.15, -0.1) is 12.4 Å². The van der Waals surface area contributed by atoms with Crippen molar-refractivity contribution in [1.82, 2.24) is 10.6 Å². The van der Waals surface area contributed by atoms with Crippen LogP contribution in [0.15, 0.2) is 18.2 Å². The second-order valence-corrected chi connectivity index (χ2v) is 5.74. The summed E-state index contributed by atoms with van der Waals surface area (Å²) in [6.07, 6.45) is 2.88. The molecule has 122 valence electrons. The minimum Gasteiger partial charge on any atom is -0.497 e. The second kappa shape index (κ2) is 7.70. The van der Waals surface area contributed by atoms with Crippen molar-refractivity contribution in [2.45, 2.75) is 25.3 Å². The molecule has 0 spiro atoms. The number of nitrogens with one attached hydrogen (secondary N) is 2. The van der Waals surface area contributed by atoms with E-state index in [1.54, 1.807) is 7.11 Å². The molecule has 2 aliphatic rings. The normalized spacial score (nSPS) is 23.5. The summed E-state index contributed by atoms with van der Waals surface area (Å²) in [6.45, 7) is 2.36. The van der Waals surface area contributed by atoms with Gasteiger partial charge in [0.2, 0.25) is 5.91 Å². The van der Waals surface area contributed by atoms with Crippen LogP contribution in [0.4, 0.5) is 0 Å². The maximum absolute atomic E-state index is 12.4. The van der Waals surface area contributed by atoms with Gasteiger partial charge in [-0.05, 0) is 49.6 Å². The first-order chi connectivity index (χ1) is 10.3. The van der Waals surface area contributed by atoms with Crippen molar-refractivity contribution in [3.05, 3.63) is 23.8 Å². The van der Waals surface area contributed by atoms with E-state index >= 15 is 0 Å². The fourth-order valence-electron chi connectivity index (χ4n) is 2.96. The summed E-state index contributed by atoms with van der Waals surface area (Å²) >= 11 is 0. The highest BCUT2D eigenvalue weighted by Crippen LogP contribution is 2.30. The number of rotatable bonds is 3. The zero-order chi connectivity index (χ0) is 14.7. The van der Waals surface area contributed by atoms with Crippen molar-refractivity contribution in [3.8, 4) is 11.5 Å². The average Bonchev–Trinajstić information content (AvgIpc) is 2.54. The molecule has 6 heteroatoms. The molecule has 0 aliphatic carbocycles. The number of carbonyl (C=O) groups is 1. The van der Waals surface area contributed by atoms with Crippen LogP contribution in [0.2, 0.25) is 0 Å². The first-order valence-electron chi connectivity index (χ1n) is 7.57. The number of halogens is 1. The number of methoxy groups -OCH3 is 1. The van der Waals surface area contributed by atoms with E-state index in [2.05, 4.69) is 10.6 Å². The number of hydrogen-bond donors (Lipinski definition) is 2. The Morgan fingerprint density at radius 3 is 3.05 bits per heavy atom. The highest BCUT2D eigenvalue weighted by molar-refractivity contribution is 5.85. The van der Waals surface area contributed by atoms with Gasteiger partial charge in [0, 0.05) is 12.6 Å². The largest absolute Gasteiger partial charge is 0.497 e. The minimum absolute atomic E-state index is 0. The molecule has 2 aliphatic heterocycles. The van der Waals surface area contributed by atoms with Gasteiger partial charge in [-0.1, -0.05) is 0 Å². The van der Waals surface area contributed by atoms with E-state index in [0.29, 0.717) is 13.0 Å². The maximum atomic E-state index is 12.4. The quantitative estimate of drug-likeness (QED) is 0.884. The van der Waals surface area contributed by atoms with Crippen molar-refractivity contribution >= 4 is 18.3 Å². The molecule has 0 saturated carbocycles. The SMILES string of the molecule is COc1ccc2c(c1)CC(C(=O)NC1CCCNC1)CO2.Cl. The molecule has 2 atom stereocenters. The Kier molecular flexibility index (Phi) is 5.91. The highest BCUT2D eigenvalue weighted by atomic mass is 35.5. The van der Waals surface area contributed by atoms with Gasteiger partial charge in [0.25, 0.3) is 0 Å². The molecule has 1 fully saturated rings. The number of carbonyl (C=O) groups excluding carboxylic acids is 1. The predicted octanol–water partition coefficient (Wildman–Crippen LogP) is 1.54. The third kappa shape index (κ3) is 3.84. The molecule has 0 bridgehead atoms. The first kappa shape index (κ1) is 16.9. The lowest BCUT2D eigenvalue weighted by Gasteiger charge is -2.29. The summed E-state index contributed by atoms with van der Waals surface area (Å²) in [7, 11) is 1.64. The second-order valence-electron chi connectivity index (χ2n) is 5.74. The lowest BCUT2D eigenvalue weighted by molar-refractivity contribution is -0.127. The fraction of sp³-hybridized carbons (Fsp3) is 0.562. The molecule has 5 nitrogen and oxygen atoms in total. The molecule has 1 aromatic carbocycles. The molecule has 3 rings (SSSR count). The zero-order valence-corrected chi connectivity index (χ0v) is 13.6. The number of ether oxygens (including phenoxy) is 2. The Bertz CT molecular complexity index is 518. The smallest absolute Gasteiger partial charge is 0.227 e. The summed E-state index contributed by atoms with van der Waals surface area (Å²) in [5.74, 6) is 1.64. The summed E-state index contributed by atoms with van der Waals surface area (Å²) in [5, 5.41) is 6.45. The molecule has 1 aromatic rings. The molecule has 0 radical (unpaired) electrons. The van der Waals surface area contributed by atoms with Crippen LogP contribution >= 0.6 is 12.4 Å². The van der Waals surface area contributed by atoms with Gasteiger partial charge < -0.3 is 20.1 Å². The van der Waals surface area contributed by atoms with E-state index in [4.69, 9.17) is 9.47 Å². The average molecular weight is 327 g/mol. The molecule has 0 aromatic heterocycles. The van der Waals surface area contributed by atoms with Gasteiger partial charge >= 0.3 is 0 Å². The van der Waals surface area contributed by atoms with Crippen molar-refractivity contribution in [3.63, 3.8) is 0 Å². The van der Waals surface area contributed by atoms with Crippen LogP contribution in [-0.4, -0.2) is 38.8 Å². The van der Waals surface area contributed by atoms with Crippen LogP contribution in [-0.2, 0) is 11.2 Å². The van der Waals surface area contributed by atoms with Gasteiger partial charge in [0.1, 0.15) is 18.1 Å². The lowest BCUT2D eigenvalue weighted by Crippen LogP contribution is -2.49. The number of benzene rings is 1. The molecule has 2 N–H and O–H groups in total. The number of piperidine rings is 1. The lowest BCUT2D eigenvalue weighted by atomic mass is 9.95. The first-order valence-corrected chi connectivity index (χ1v) is 7.57. The standard InChI is InChI=1S/C16H22N2O3.ClH/c1-20-14-4-5-15-11(8-14)7-12(10-21-15)16(19)18-13-3-2-6-17-9-13;/h4-5,8,12-13,17H,2-3,6-7,9-10H2,1H3,(H,18,19);1H. The summed E-state index contributed by atoms with van der Waals surface area (Å²) in [5.41, 5.74) is 1.04. The van der Waals surface area contributed by atoms with Crippen LogP contribution in [0, 0.1) is 5.92 Å². The van der Waals surface area contributed by atoms with Gasteiger partial charge in [0.15, 0.2) is 0 Å².